The van der Waals surface area contributed by atoms with Gasteiger partial charge in [0.05, 0.1) is 5.92 Å². The van der Waals surface area contributed by atoms with Gasteiger partial charge in [0.1, 0.15) is 6.54 Å². The third-order valence-corrected chi connectivity index (χ3v) is 4.08. The molecule has 2 unspecified atom stereocenters. The van der Waals surface area contributed by atoms with Crippen LogP contribution in [0, 0.1) is 11.8 Å². The van der Waals surface area contributed by atoms with Crippen LogP contribution in [-0.4, -0.2) is 67.6 Å². The standard InChI is InChI=1S/C15H26F3N3O2.ClH/c1-4-20(10-15(16,17)18)14(23)12-6-5-7-21(9-12)13(22)11(2)8-19-3;/h11-12,19H,4-10H2,1-3H3;1H. The lowest BCUT2D eigenvalue weighted by atomic mass is 9.95. The molecule has 2 atom stereocenters. The summed E-state index contributed by atoms with van der Waals surface area (Å²) in [6, 6.07) is 0. The van der Waals surface area contributed by atoms with Crippen LogP contribution < -0.4 is 5.32 Å². The van der Waals surface area contributed by atoms with E-state index in [4.69, 9.17) is 0 Å². The van der Waals surface area contributed by atoms with Crippen molar-refractivity contribution in [3.8, 4) is 0 Å². The van der Waals surface area contributed by atoms with E-state index < -0.39 is 24.5 Å². The smallest absolute Gasteiger partial charge is 0.342 e. The number of likely N-dealkylation sites (tertiary alicyclic amines) is 1. The van der Waals surface area contributed by atoms with Crippen LogP contribution in [0.2, 0.25) is 0 Å². The van der Waals surface area contributed by atoms with Gasteiger partial charge in [0.15, 0.2) is 0 Å². The second-order valence-electron chi connectivity index (χ2n) is 6.05. The van der Waals surface area contributed by atoms with E-state index in [0.29, 0.717) is 25.9 Å². The Morgan fingerprint density at radius 2 is 2.00 bits per heavy atom. The van der Waals surface area contributed by atoms with Crippen molar-refractivity contribution in [2.45, 2.75) is 32.9 Å². The molecule has 0 aliphatic carbocycles. The molecule has 1 N–H and O–H groups in total. The number of carbonyl (C=O) groups is 2. The molecular weight excluding hydrogens is 347 g/mol. The third kappa shape index (κ3) is 6.84. The summed E-state index contributed by atoms with van der Waals surface area (Å²) in [5.74, 6) is -1.33. The van der Waals surface area contributed by atoms with Crippen molar-refractivity contribution in [1.29, 1.82) is 0 Å². The van der Waals surface area contributed by atoms with E-state index in [-0.39, 0.29) is 37.3 Å². The Morgan fingerprint density at radius 1 is 1.38 bits per heavy atom. The summed E-state index contributed by atoms with van der Waals surface area (Å²) in [6.45, 7) is 3.41. The van der Waals surface area contributed by atoms with Gasteiger partial charge in [0.25, 0.3) is 0 Å². The summed E-state index contributed by atoms with van der Waals surface area (Å²) in [5.41, 5.74) is 0. The number of halogens is 4. The molecule has 24 heavy (non-hydrogen) atoms. The first-order chi connectivity index (χ1) is 10.7. The lowest BCUT2D eigenvalue weighted by molar-refractivity contribution is -0.165. The molecule has 0 aromatic carbocycles. The monoisotopic (exact) mass is 373 g/mol. The van der Waals surface area contributed by atoms with Gasteiger partial charge < -0.3 is 15.1 Å². The molecule has 1 heterocycles. The van der Waals surface area contributed by atoms with Gasteiger partial charge >= 0.3 is 6.18 Å². The van der Waals surface area contributed by atoms with E-state index in [1.807, 2.05) is 0 Å². The van der Waals surface area contributed by atoms with E-state index in [1.54, 1.807) is 18.9 Å². The molecule has 9 heteroatoms. The molecule has 0 radical (unpaired) electrons. The van der Waals surface area contributed by atoms with Gasteiger partial charge in [-0.2, -0.15) is 13.2 Å². The minimum absolute atomic E-state index is 0. The number of piperidine rings is 1. The van der Waals surface area contributed by atoms with Crippen LogP contribution in [0.15, 0.2) is 0 Å². The van der Waals surface area contributed by atoms with Gasteiger partial charge in [-0.25, -0.2) is 0 Å². The number of hydrogen-bond acceptors (Lipinski definition) is 3. The van der Waals surface area contributed by atoms with Gasteiger partial charge in [0, 0.05) is 32.1 Å². The van der Waals surface area contributed by atoms with Gasteiger partial charge in [-0.05, 0) is 26.8 Å². The molecule has 142 valence electrons. The summed E-state index contributed by atoms with van der Waals surface area (Å²) in [7, 11) is 1.75. The van der Waals surface area contributed by atoms with Crippen LogP contribution in [0.3, 0.4) is 0 Å². The fraction of sp³-hybridized carbons (Fsp3) is 0.867. The largest absolute Gasteiger partial charge is 0.406 e. The van der Waals surface area contributed by atoms with Crippen LogP contribution in [0.5, 0.6) is 0 Å². The maximum Gasteiger partial charge on any atom is 0.406 e. The minimum atomic E-state index is -4.41. The Balaban J connectivity index is 0.00000529. The summed E-state index contributed by atoms with van der Waals surface area (Å²) in [5, 5.41) is 2.93. The fourth-order valence-electron chi connectivity index (χ4n) is 2.90. The van der Waals surface area contributed by atoms with E-state index in [0.717, 1.165) is 4.90 Å². The van der Waals surface area contributed by atoms with E-state index in [9.17, 15) is 22.8 Å². The van der Waals surface area contributed by atoms with Crippen LogP contribution >= 0.6 is 12.4 Å². The normalized spacial score (nSPS) is 19.4. The molecule has 0 aromatic heterocycles. The van der Waals surface area contributed by atoms with Gasteiger partial charge in [-0.15, -0.1) is 12.4 Å². The molecule has 0 aromatic rings. The molecule has 2 amide bonds. The predicted octanol–water partition coefficient (Wildman–Crippen LogP) is 1.91. The number of hydrogen-bond donors (Lipinski definition) is 1. The number of carbonyl (C=O) groups excluding carboxylic acids is 2. The highest BCUT2D eigenvalue weighted by atomic mass is 35.5. The molecular formula is C15H27ClF3N3O2. The van der Waals surface area contributed by atoms with E-state index in [2.05, 4.69) is 5.32 Å². The Hall–Kier alpha value is -1.02. The highest BCUT2D eigenvalue weighted by Gasteiger charge is 2.37. The molecule has 0 spiro atoms. The summed E-state index contributed by atoms with van der Waals surface area (Å²) in [6.07, 6.45) is -3.24. The zero-order valence-electron chi connectivity index (χ0n) is 14.4. The predicted molar refractivity (Wildman–Crippen MR) is 88.0 cm³/mol. The molecule has 0 saturated carbocycles. The molecule has 1 fully saturated rings. The number of rotatable bonds is 6. The Kier molecular flexibility index (Phi) is 9.65. The van der Waals surface area contributed by atoms with E-state index >= 15 is 0 Å². The summed E-state index contributed by atoms with van der Waals surface area (Å²) >= 11 is 0. The van der Waals surface area contributed by atoms with E-state index in [1.165, 1.54) is 6.92 Å². The van der Waals surface area contributed by atoms with Crippen molar-refractivity contribution in [3.05, 3.63) is 0 Å². The minimum Gasteiger partial charge on any atom is -0.342 e. The first-order valence-corrected chi connectivity index (χ1v) is 7.98. The SMILES string of the molecule is CCN(CC(F)(F)F)C(=O)C1CCCN(C(=O)C(C)CNC)C1.Cl. The van der Waals surface area contributed by atoms with Crippen LogP contribution in [0.1, 0.15) is 26.7 Å². The highest BCUT2D eigenvalue weighted by Crippen LogP contribution is 2.23. The van der Waals surface area contributed by atoms with Crippen molar-refractivity contribution < 1.29 is 22.8 Å². The average Bonchev–Trinajstić information content (AvgIpc) is 2.50. The van der Waals surface area contributed by atoms with Gasteiger partial charge in [-0.1, -0.05) is 6.92 Å². The third-order valence-electron chi connectivity index (χ3n) is 4.08. The van der Waals surface area contributed by atoms with Crippen LogP contribution in [0.25, 0.3) is 0 Å². The van der Waals surface area contributed by atoms with Crippen LogP contribution in [0.4, 0.5) is 13.2 Å². The zero-order valence-corrected chi connectivity index (χ0v) is 15.2. The van der Waals surface area contributed by atoms with Crippen LogP contribution in [-0.2, 0) is 9.59 Å². The number of nitrogens with zero attached hydrogens (tertiary/aromatic N) is 2. The fourth-order valence-corrected chi connectivity index (χ4v) is 2.90. The highest BCUT2D eigenvalue weighted by molar-refractivity contribution is 5.85. The van der Waals surface area contributed by atoms with Crippen molar-refractivity contribution in [2.24, 2.45) is 11.8 Å². The van der Waals surface area contributed by atoms with Gasteiger partial charge in [-0.3, -0.25) is 9.59 Å². The summed E-state index contributed by atoms with van der Waals surface area (Å²) < 4.78 is 37.7. The average molecular weight is 374 g/mol. The lowest BCUT2D eigenvalue weighted by Gasteiger charge is -2.36. The second-order valence-corrected chi connectivity index (χ2v) is 6.05. The van der Waals surface area contributed by atoms with Gasteiger partial charge in [0.2, 0.25) is 11.8 Å². The Bertz CT molecular complexity index is 421. The number of amides is 2. The van der Waals surface area contributed by atoms with Crippen molar-refractivity contribution in [3.63, 3.8) is 0 Å². The maximum atomic E-state index is 12.6. The first-order valence-electron chi connectivity index (χ1n) is 7.98. The Labute approximate surface area is 147 Å². The molecule has 1 saturated heterocycles. The molecule has 1 aliphatic heterocycles. The summed E-state index contributed by atoms with van der Waals surface area (Å²) in [4.78, 5) is 27.1. The topological polar surface area (TPSA) is 52.7 Å². The van der Waals surface area contributed by atoms with Crippen molar-refractivity contribution in [1.82, 2.24) is 15.1 Å². The zero-order chi connectivity index (χ0) is 17.6. The molecule has 5 nitrogen and oxygen atoms in total. The molecule has 1 rings (SSSR count). The quantitative estimate of drug-likeness (QED) is 0.774. The molecule has 1 aliphatic rings. The van der Waals surface area contributed by atoms with Crippen molar-refractivity contribution in [2.75, 3.05) is 39.8 Å². The lowest BCUT2D eigenvalue weighted by Crippen LogP contribution is -2.50. The number of nitrogens with one attached hydrogen (secondary N) is 1. The second kappa shape index (κ2) is 10.1. The Morgan fingerprint density at radius 3 is 2.50 bits per heavy atom. The number of alkyl halides is 3. The van der Waals surface area contributed by atoms with Crippen molar-refractivity contribution >= 4 is 24.2 Å². The maximum absolute atomic E-state index is 12.6. The first kappa shape index (κ1) is 23.0. The molecule has 0 bridgehead atoms.